The first-order chi connectivity index (χ1) is 10.3. The smallest absolute Gasteiger partial charge is 0.247 e. The molecule has 21 heavy (non-hydrogen) atoms. The number of ether oxygens (including phenoxy) is 2. The van der Waals surface area contributed by atoms with Gasteiger partial charge in [-0.1, -0.05) is 6.07 Å². The molecule has 3 rings (SSSR count). The van der Waals surface area contributed by atoms with Gasteiger partial charge < -0.3 is 14.4 Å². The van der Waals surface area contributed by atoms with E-state index in [0.717, 1.165) is 17.7 Å². The molecule has 0 aromatic carbocycles. The second-order valence-electron chi connectivity index (χ2n) is 5.35. The maximum atomic E-state index is 12.5. The summed E-state index contributed by atoms with van der Waals surface area (Å²) in [4.78, 5) is 15.5. The molecule has 4 nitrogen and oxygen atoms in total. The maximum absolute atomic E-state index is 12.5. The Kier molecular flexibility index (Phi) is 4.73. The average molecular weight is 307 g/mol. The zero-order valence-electron chi connectivity index (χ0n) is 12.2. The quantitative estimate of drug-likeness (QED) is 0.803. The Hall–Kier alpha value is -1.17. The molecular weight excluding hydrogens is 286 g/mol. The van der Waals surface area contributed by atoms with Crippen LogP contribution in [0.5, 0.6) is 0 Å². The minimum absolute atomic E-state index is 0.0246. The van der Waals surface area contributed by atoms with Crippen molar-refractivity contribution in [2.45, 2.75) is 38.0 Å². The Bertz CT molecular complexity index is 500. The van der Waals surface area contributed by atoms with E-state index in [0.29, 0.717) is 19.8 Å². The van der Waals surface area contributed by atoms with E-state index in [1.807, 2.05) is 35.4 Å². The number of hydrogen-bond donors (Lipinski definition) is 0. The summed E-state index contributed by atoms with van der Waals surface area (Å²) in [6.45, 7) is 3.91. The van der Waals surface area contributed by atoms with Crippen molar-refractivity contribution < 1.29 is 14.3 Å². The molecule has 2 aliphatic rings. The minimum atomic E-state index is 0.0246. The van der Waals surface area contributed by atoms with Crippen molar-refractivity contribution in [1.82, 2.24) is 4.90 Å². The van der Waals surface area contributed by atoms with Gasteiger partial charge in [0.05, 0.1) is 18.8 Å². The van der Waals surface area contributed by atoms with E-state index in [9.17, 15) is 4.79 Å². The molecule has 1 amide bonds. The molecule has 0 radical (unpaired) electrons. The first kappa shape index (κ1) is 14.8. The summed E-state index contributed by atoms with van der Waals surface area (Å²) in [5.74, 6) is 0.0595. The lowest BCUT2D eigenvalue weighted by molar-refractivity contribution is -0.130. The van der Waals surface area contributed by atoms with Gasteiger partial charge in [0.25, 0.3) is 0 Å². The van der Waals surface area contributed by atoms with E-state index in [-0.39, 0.29) is 24.2 Å². The molecule has 3 atom stereocenters. The summed E-state index contributed by atoms with van der Waals surface area (Å²) < 4.78 is 11.7. The zero-order valence-corrected chi connectivity index (χ0v) is 13.1. The van der Waals surface area contributed by atoms with E-state index in [1.54, 1.807) is 17.4 Å². The highest BCUT2D eigenvalue weighted by Gasteiger charge is 2.44. The monoisotopic (exact) mass is 307 g/mol. The van der Waals surface area contributed by atoms with Crippen LogP contribution < -0.4 is 0 Å². The van der Waals surface area contributed by atoms with Crippen molar-refractivity contribution in [3.05, 3.63) is 28.5 Å². The fourth-order valence-corrected chi connectivity index (χ4v) is 3.83. The lowest BCUT2D eigenvalue weighted by Crippen LogP contribution is -2.45. The van der Waals surface area contributed by atoms with Gasteiger partial charge in [-0.3, -0.25) is 4.79 Å². The van der Waals surface area contributed by atoms with Crippen LogP contribution in [0.2, 0.25) is 0 Å². The van der Waals surface area contributed by atoms with Crippen LogP contribution in [0.1, 0.15) is 24.6 Å². The summed E-state index contributed by atoms with van der Waals surface area (Å²) in [6, 6.07) is 4.15. The summed E-state index contributed by atoms with van der Waals surface area (Å²) in [7, 11) is 0. The summed E-state index contributed by atoms with van der Waals surface area (Å²) in [5, 5.41) is 2.01. The Morgan fingerprint density at radius 2 is 2.48 bits per heavy atom. The number of thiophene rings is 1. The van der Waals surface area contributed by atoms with E-state index in [1.165, 1.54) is 0 Å². The lowest BCUT2D eigenvalue weighted by atomic mass is 10.1. The normalized spacial score (nSPS) is 29.0. The van der Waals surface area contributed by atoms with E-state index in [2.05, 4.69) is 0 Å². The third kappa shape index (κ3) is 3.20. The van der Waals surface area contributed by atoms with Crippen molar-refractivity contribution in [2.24, 2.45) is 0 Å². The van der Waals surface area contributed by atoms with E-state index < -0.39 is 0 Å². The Morgan fingerprint density at radius 3 is 3.24 bits per heavy atom. The van der Waals surface area contributed by atoms with Gasteiger partial charge in [-0.15, -0.1) is 11.3 Å². The number of carbonyl (C=O) groups is 1. The number of amides is 1. The predicted molar refractivity (Wildman–Crippen MR) is 83.2 cm³/mol. The summed E-state index contributed by atoms with van der Waals surface area (Å²) in [6.07, 6.45) is 5.68. The standard InChI is InChI=1S/C16H21NO3S/c1-2-19-16-13-6-7-14(16)20-10-9-17(13)15(18)8-5-12-4-3-11-21-12/h3-5,8,11,13-14,16H,2,6-7,9-10H2,1H3/b8-5+/t13-,14-,16+/m1/s1. The van der Waals surface area contributed by atoms with Crippen LogP contribution in [-0.4, -0.2) is 48.8 Å². The number of fused-ring (bicyclic) bond motifs is 2. The molecule has 1 aromatic rings. The molecule has 5 heteroatoms. The van der Waals surface area contributed by atoms with Gasteiger partial charge >= 0.3 is 0 Å². The molecule has 0 unspecified atom stereocenters. The maximum Gasteiger partial charge on any atom is 0.247 e. The molecule has 2 heterocycles. The van der Waals surface area contributed by atoms with Crippen LogP contribution >= 0.6 is 11.3 Å². The third-order valence-corrected chi connectivity index (χ3v) is 4.97. The van der Waals surface area contributed by atoms with Crippen LogP contribution in [0.15, 0.2) is 23.6 Å². The molecule has 0 N–H and O–H groups in total. The molecule has 1 aromatic heterocycles. The van der Waals surface area contributed by atoms with Gasteiger partial charge in [0, 0.05) is 24.1 Å². The summed E-state index contributed by atoms with van der Waals surface area (Å²) >= 11 is 1.63. The van der Waals surface area contributed by atoms with Crippen molar-refractivity contribution in [3.8, 4) is 0 Å². The van der Waals surface area contributed by atoms with Crippen molar-refractivity contribution in [1.29, 1.82) is 0 Å². The second kappa shape index (κ2) is 6.73. The van der Waals surface area contributed by atoms with Crippen molar-refractivity contribution >= 4 is 23.3 Å². The summed E-state index contributed by atoms with van der Waals surface area (Å²) in [5.41, 5.74) is 0. The number of nitrogens with zero attached hydrogens (tertiary/aromatic N) is 1. The van der Waals surface area contributed by atoms with Gasteiger partial charge in [0.1, 0.15) is 6.10 Å². The molecule has 2 fully saturated rings. The second-order valence-corrected chi connectivity index (χ2v) is 6.33. The first-order valence-corrected chi connectivity index (χ1v) is 8.43. The third-order valence-electron chi connectivity index (χ3n) is 4.13. The van der Waals surface area contributed by atoms with E-state index >= 15 is 0 Å². The van der Waals surface area contributed by atoms with E-state index in [4.69, 9.17) is 9.47 Å². The average Bonchev–Trinajstić information content (AvgIpc) is 3.06. The largest absolute Gasteiger partial charge is 0.374 e. The Morgan fingerprint density at radius 1 is 1.57 bits per heavy atom. The minimum Gasteiger partial charge on any atom is -0.374 e. The Labute approximate surface area is 129 Å². The number of carbonyl (C=O) groups excluding carboxylic acids is 1. The zero-order chi connectivity index (χ0) is 14.7. The van der Waals surface area contributed by atoms with Gasteiger partial charge in [0.2, 0.25) is 5.91 Å². The predicted octanol–water partition coefficient (Wildman–Crippen LogP) is 2.56. The molecule has 1 aliphatic carbocycles. The highest BCUT2D eigenvalue weighted by molar-refractivity contribution is 7.10. The highest BCUT2D eigenvalue weighted by atomic mass is 32.1. The van der Waals surface area contributed by atoms with Crippen molar-refractivity contribution in [3.63, 3.8) is 0 Å². The van der Waals surface area contributed by atoms with Gasteiger partial charge in [-0.25, -0.2) is 0 Å². The van der Waals surface area contributed by atoms with Gasteiger partial charge in [0.15, 0.2) is 0 Å². The van der Waals surface area contributed by atoms with Crippen molar-refractivity contribution in [2.75, 3.05) is 19.8 Å². The molecule has 0 spiro atoms. The van der Waals surface area contributed by atoms with Crippen LogP contribution in [0.3, 0.4) is 0 Å². The molecule has 114 valence electrons. The SMILES string of the molecule is CCO[C@H]1[C@H]2CC[C@H]1OCCN2C(=O)/C=C/c1cccs1. The van der Waals surface area contributed by atoms with Crippen LogP contribution in [0.4, 0.5) is 0 Å². The topological polar surface area (TPSA) is 38.8 Å². The fourth-order valence-electron chi connectivity index (χ4n) is 3.21. The number of hydrogen-bond acceptors (Lipinski definition) is 4. The molecular formula is C16H21NO3S. The van der Waals surface area contributed by atoms with Crippen LogP contribution in [-0.2, 0) is 14.3 Å². The highest BCUT2D eigenvalue weighted by Crippen LogP contribution is 2.32. The van der Waals surface area contributed by atoms with Gasteiger partial charge in [-0.05, 0) is 37.3 Å². The van der Waals surface area contributed by atoms with Gasteiger partial charge in [-0.2, -0.15) is 0 Å². The molecule has 1 saturated carbocycles. The fraction of sp³-hybridized carbons (Fsp3) is 0.562. The Balaban J connectivity index is 1.72. The molecule has 1 aliphatic heterocycles. The molecule has 2 bridgehead atoms. The first-order valence-electron chi connectivity index (χ1n) is 7.55. The lowest BCUT2D eigenvalue weighted by Gasteiger charge is -2.30. The number of rotatable bonds is 4. The molecule has 1 saturated heterocycles. The van der Waals surface area contributed by atoms with Crippen LogP contribution in [0, 0.1) is 0 Å². The van der Waals surface area contributed by atoms with Crippen LogP contribution in [0.25, 0.3) is 6.08 Å².